The lowest BCUT2D eigenvalue weighted by atomic mass is 9.99. The van der Waals surface area contributed by atoms with Crippen molar-refractivity contribution in [2.45, 2.75) is 51.7 Å². The van der Waals surface area contributed by atoms with Gasteiger partial charge in [0.05, 0.1) is 18.3 Å². The predicted molar refractivity (Wildman–Crippen MR) is 107 cm³/mol. The Kier molecular flexibility index (Phi) is 5.13. The standard InChI is InChI=1S/C22H26N4O2/c1-15-18(16(2)26-20(24-15)12-13-23-26)10-11-21(27)25-14-6-9-19(25)22(28)17-7-4-3-5-8-17/h3-5,7-8,12-13,19,22,28H,6,9-11,14H2,1-2H3. The number of aliphatic hydroxyl groups excluding tert-OH is 1. The Morgan fingerprint density at radius 2 is 2.04 bits per heavy atom. The van der Waals surface area contributed by atoms with Crippen LogP contribution in [0.3, 0.4) is 0 Å². The fraction of sp³-hybridized carbons (Fsp3) is 0.409. The maximum atomic E-state index is 13.0. The SMILES string of the molecule is Cc1nc2ccnn2c(C)c1CCC(=O)N1CCCC1C(O)c1ccccc1. The topological polar surface area (TPSA) is 70.7 Å². The molecule has 0 bridgehead atoms. The van der Waals surface area contributed by atoms with E-state index in [4.69, 9.17) is 0 Å². The van der Waals surface area contributed by atoms with Gasteiger partial charge in [-0.2, -0.15) is 5.10 Å². The van der Waals surface area contributed by atoms with Gasteiger partial charge in [0, 0.05) is 30.4 Å². The first-order valence-electron chi connectivity index (χ1n) is 9.88. The second-order valence-corrected chi connectivity index (χ2v) is 7.51. The molecule has 1 amide bonds. The maximum Gasteiger partial charge on any atom is 0.223 e. The van der Waals surface area contributed by atoms with Crippen molar-refractivity contribution in [1.29, 1.82) is 0 Å². The van der Waals surface area contributed by atoms with Crippen molar-refractivity contribution in [3.63, 3.8) is 0 Å². The minimum absolute atomic E-state index is 0.0943. The Balaban J connectivity index is 1.48. The molecule has 146 valence electrons. The van der Waals surface area contributed by atoms with E-state index in [2.05, 4.69) is 10.1 Å². The van der Waals surface area contributed by atoms with Gasteiger partial charge in [-0.1, -0.05) is 30.3 Å². The second-order valence-electron chi connectivity index (χ2n) is 7.51. The molecular formula is C22H26N4O2. The number of aliphatic hydroxyl groups is 1. The van der Waals surface area contributed by atoms with Gasteiger partial charge in [0.2, 0.25) is 5.91 Å². The van der Waals surface area contributed by atoms with Crippen LogP contribution < -0.4 is 0 Å². The van der Waals surface area contributed by atoms with E-state index in [0.717, 1.165) is 41.0 Å². The van der Waals surface area contributed by atoms with Crippen molar-refractivity contribution in [3.05, 3.63) is 65.1 Å². The van der Waals surface area contributed by atoms with Gasteiger partial charge in [0.25, 0.3) is 0 Å². The molecule has 1 N–H and O–H groups in total. The van der Waals surface area contributed by atoms with Crippen LogP contribution in [0.2, 0.25) is 0 Å². The van der Waals surface area contributed by atoms with Crippen LogP contribution in [0.15, 0.2) is 42.6 Å². The summed E-state index contributed by atoms with van der Waals surface area (Å²) in [5.41, 5.74) is 4.75. The molecule has 6 heteroatoms. The molecule has 1 aliphatic heterocycles. The number of nitrogens with zero attached hydrogens (tertiary/aromatic N) is 4. The number of hydrogen-bond acceptors (Lipinski definition) is 4. The first-order chi connectivity index (χ1) is 13.6. The van der Waals surface area contributed by atoms with Crippen molar-refractivity contribution in [3.8, 4) is 0 Å². The van der Waals surface area contributed by atoms with Gasteiger partial charge in [-0.05, 0) is 44.2 Å². The summed E-state index contributed by atoms with van der Waals surface area (Å²) in [7, 11) is 0. The number of aryl methyl sites for hydroxylation is 2. The van der Waals surface area contributed by atoms with Crippen LogP contribution in [0.5, 0.6) is 0 Å². The molecular weight excluding hydrogens is 352 g/mol. The van der Waals surface area contributed by atoms with Gasteiger partial charge >= 0.3 is 0 Å². The van der Waals surface area contributed by atoms with E-state index in [-0.39, 0.29) is 11.9 Å². The van der Waals surface area contributed by atoms with Crippen LogP contribution in [0.25, 0.3) is 5.65 Å². The fourth-order valence-corrected chi connectivity index (χ4v) is 4.31. The molecule has 28 heavy (non-hydrogen) atoms. The Morgan fingerprint density at radius 3 is 2.82 bits per heavy atom. The highest BCUT2D eigenvalue weighted by Gasteiger charge is 2.34. The number of carbonyl (C=O) groups excluding carboxylic acids is 1. The van der Waals surface area contributed by atoms with Crippen molar-refractivity contribution in [1.82, 2.24) is 19.5 Å². The third kappa shape index (κ3) is 3.40. The molecule has 1 fully saturated rings. The lowest BCUT2D eigenvalue weighted by Crippen LogP contribution is -2.39. The first-order valence-corrected chi connectivity index (χ1v) is 9.88. The number of rotatable bonds is 5. The zero-order valence-electron chi connectivity index (χ0n) is 16.4. The summed E-state index contributed by atoms with van der Waals surface area (Å²) in [5, 5.41) is 15.1. The summed E-state index contributed by atoms with van der Waals surface area (Å²) in [6, 6.07) is 11.3. The zero-order chi connectivity index (χ0) is 19.7. The van der Waals surface area contributed by atoms with E-state index < -0.39 is 6.10 Å². The van der Waals surface area contributed by atoms with Crippen molar-refractivity contribution < 1.29 is 9.90 Å². The van der Waals surface area contributed by atoms with Crippen molar-refractivity contribution in [2.24, 2.45) is 0 Å². The summed E-state index contributed by atoms with van der Waals surface area (Å²) in [5.74, 6) is 0.0943. The van der Waals surface area contributed by atoms with Gasteiger partial charge in [0.1, 0.15) is 0 Å². The molecule has 0 aliphatic carbocycles. The van der Waals surface area contributed by atoms with Crippen LogP contribution in [-0.4, -0.2) is 43.1 Å². The highest BCUT2D eigenvalue weighted by atomic mass is 16.3. The molecule has 2 unspecified atom stereocenters. The summed E-state index contributed by atoms with van der Waals surface area (Å²) >= 11 is 0. The van der Waals surface area contributed by atoms with Crippen molar-refractivity contribution >= 4 is 11.6 Å². The molecule has 1 aromatic carbocycles. The third-order valence-electron chi connectivity index (χ3n) is 5.81. The Hall–Kier alpha value is -2.73. The number of fused-ring (bicyclic) bond motifs is 1. The Morgan fingerprint density at radius 1 is 1.25 bits per heavy atom. The lowest BCUT2D eigenvalue weighted by molar-refractivity contribution is -0.134. The largest absolute Gasteiger partial charge is 0.386 e. The minimum atomic E-state index is -0.641. The average Bonchev–Trinajstić information content (AvgIpc) is 3.37. The highest BCUT2D eigenvalue weighted by molar-refractivity contribution is 5.77. The fourth-order valence-electron chi connectivity index (χ4n) is 4.31. The number of aromatic nitrogens is 3. The number of likely N-dealkylation sites (tertiary alicyclic amines) is 1. The second kappa shape index (κ2) is 7.72. The van der Waals surface area contributed by atoms with Gasteiger partial charge in [-0.25, -0.2) is 9.50 Å². The lowest BCUT2D eigenvalue weighted by Gasteiger charge is -2.29. The van der Waals surface area contributed by atoms with E-state index in [1.807, 2.05) is 59.7 Å². The van der Waals surface area contributed by atoms with Crippen LogP contribution in [0, 0.1) is 13.8 Å². The Labute approximate surface area is 164 Å². The van der Waals surface area contributed by atoms with E-state index in [0.29, 0.717) is 19.4 Å². The van der Waals surface area contributed by atoms with Gasteiger partial charge in [-0.3, -0.25) is 4.79 Å². The van der Waals surface area contributed by atoms with Crippen LogP contribution in [0.1, 0.15) is 47.9 Å². The summed E-state index contributed by atoms with van der Waals surface area (Å²) in [4.78, 5) is 19.4. The molecule has 0 saturated carbocycles. The van der Waals surface area contributed by atoms with Crippen LogP contribution in [0.4, 0.5) is 0 Å². The van der Waals surface area contributed by atoms with E-state index in [1.165, 1.54) is 0 Å². The highest BCUT2D eigenvalue weighted by Crippen LogP contribution is 2.30. The number of benzene rings is 1. The summed E-state index contributed by atoms with van der Waals surface area (Å²) in [6.45, 7) is 4.71. The van der Waals surface area contributed by atoms with Crippen molar-refractivity contribution in [2.75, 3.05) is 6.54 Å². The monoisotopic (exact) mass is 378 g/mol. The van der Waals surface area contributed by atoms with Gasteiger partial charge in [0.15, 0.2) is 5.65 Å². The third-order valence-corrected chi connectivity index (χ3v) is 5.81. The molecule has 1 aliphatic rings. The quantitative estimate of drug-likeness (QED) is 0.741. The maximum absolute atomic E-state index is 13.0. The predicted octanol–water partition coefficient (Wildman–Crippen LogP) is 3.00. The molecule has 3 aromatic rings. The van der Waals surface area contributed by atoms with Crippen LogP contribution >= 0.6 is 0 Å². The summed E-state index contributed by atoms with van der Waals surface area (Å²) in [6.07, 6.45) is 3.90. The van der Waals surface area contributed by atoms with E-state index in [1.54, 1.807) is 6.20 Å². The minimum Gasteiger partial charge on any atom is -0.386 e. The van der Waals surface area contributed by atoms with Crippen LogP contribution in [-0.2, 0) is 11.2 Å². The summed E-state index contributed by atoms with van der Waals surface area (Å²) < 4.78 is 1.82. The molecule has 1 saturated heterocycles. The number of amides is 1. The molecule has 3 heterocycles. The number of hydrogen-bond donors (Lipinski definition) is 1. The normalized spacial score (nSPS) is 18.0. The molecule has 4 rings (SSSR count). The molecule has 2 atom stereocenters. The number of carbonyl (C=O) groups is 1. The zero-order valence-corrected chi connectivity index (χ0v) is 16.4. The smallest absolute Gasteiger partial charge is 0.223 e. The van der Waals surface area contributed by atoms with Gasteiger partial charge < -0.3 is 10.0 Å². The molecule has 2 aromatic heterocycles. The van der Waals surface area contributed by atoms with E-state index in [9.17, 15) is 9.90 Å². The van der Waals surface area contributed by atoms with E-state index >= 15 is 0 Å². The molecule has 0 spiro atoms. The molecule has 6 nitrogen and oxygen atoms in total. The average molecular weight is 378 g/mol. The Bertz CT molecular complexity index is 983. The molecule has 0 radical (unpaired) electrons. The van der Waals surface area contributed by atoms with Gasteiger partial charge in [-0.15, -0.1) is 0 Å². The first kappa shape index (κ1) is 18.6.